The quantitative estimate of drug-likeness (QED) is 0.283. The Morgan fingerprint density at radius 2 is 2.20 bits per heavy atom. The van der Waals surface area contributed by atoms with Gasteiger partial charge in [0.25, 0.3) is 0 Å². The molecule has 0 aliphatic carbocycles. The number of hydrogen-bond donors (Lipinski definition) is 1. The molecule has 0 fully saturated rings. The molecular weight excluding hydrogens is 93.0 g/mol. The molecule has 0 aromatic carbocycles. The largest absolute Gasteiger partial charge is 0.498 e. The predicted molar refractivity (Wildman–Crippen MR) is 16.1 cm³/mol. The van der Waals surface area contributed by atoms with Crippen LogP contribution in [0.3, 0.4) is 0 Å². The first-order chi connectivity index (χ1) is 2.27. The Hall–Kier alpha value is -0.210. The zero-order valence-electron chi connectivity index (χ0n) is 2.16. The summed E-state index contributed by atoms with van der Waals surface area (Å²) >= 11 is 0. The standard InChI is InChI=1S/HNO3P/c2-1(3)5-4/h4H/q-1. The molecule has 0 heterocycles. The Bertz CT molecular complexity index is 42.2. The van der Waals surface area contributed by atoms with Crippen LogP contribution in [-0.4, -0.2) is 9.59 Å². The van der Waals surface area contributed by atoms with Crippen LogP contribution in [0.1, 0.15) is 0 Å². The van der Waals surface area contributed by atoms with E-state index in [2.05, 4.69) is 0 Å². The van der Waals surface area contributed by atoms with Gasteiger partial charge in [-0.15, -0.1) is 4.69 Å². The first kappa shape index (κ1) is 4.79. The molecule has 0 saturated heterocycles. The molecule has 0 radical (unpaired) electrons. The Labute approximate surface area is 29.9 Å². The maximum absolute atomic E-state index is 8.91. The molecule has 0 aromatic heterocycles. The van der Waals surface area contributed by atoms with Gasteiger partial charge in [-0.3, -0.25) is 10.1 Å². The predicted octanol–water partition coefficient (Wildman–Crippen LogP) is 0.0316. The van der Waals surface area contributed by atoms with Crippen molar-refractivity contribution < 1.29 is 9.59 Å². The van der Waals surface area contributed by atoms with E-state index in [1.54, 1.807) is 0 Å². The molecule has 30 valence electrons. The summed E-state index contributed by atoms with van der Waals surface area (Å²) < 4.78 is -0.847. The van der Waals surface area contributed by atoms with Crippen LogP contribution in [0.5, 0.6) is 0 Å². The van der Waals surface area contributed by atoms with Crippen molar-refractivity contribution in [2.45, 2.75) is 0 Å². The third-order valence-corrected chi connectivity index (χ3v) is 0.219. The molecular formula is HNO3P-. The third-order valence-electron chi connectivity index (χ3n) is 0.0730. The molecule has 0 aliphatic rings. The molecule has 0 saturated carbocycles. The van der Waals surface area contributed by atoms with Crippen LogP contribution in [0, 0.1) is 10.1 Å². The summed E-state index contributed by atoms with van der Waals surface area (Å²) in [7, 11) is -0.781. The fraction of sp³-hybridized carbons (Fsp3) is 0. The van der Waals surface area contributed by atoms with E-state index in [9.17, 15) is 0 Å². The van der Waals surface area contributed by atoms with Crippen LogP contribution in [0.2, 0.25) is 0 Å². The van der Waals surface area contributed by atoms with Crippen molar-refractivity contribution in [3.8, 4) is 0 Å². The van der Waals surface area contributed by atoms with Crippen LogP contribution in [0.15, 0.2) is 0 Å². The first-order valence-corrected chi connectivity index (χ1v) is 1.57. The van der Waals surface area contributed by atoms with E-state index in [-0.39, 0.29) is 0 Å². The second-order valence-electron chi connectivity index (χ2n) is 0.327. The molecule has 0 atom stereocenters. The molecule has 0 rings (SSSR count). The molecule has 0 aliphatic heterocycles. The Kier molecular flexibility index (Phi) is 1.97. The van der Waals surface area contributed by atoms with Gasteiger partial charge in [0, 0.05) is 8.96 Å². The van der Waals surface area contributed by atoms with Crippen molar-refractivity contribution in [2.24, 2.45) is 0 Å². The Balaban J connectivity index is 2.85. The van der Waals surface area contributed by atoms with Crippen LogP contribution in [0.25, 0.3) is 0 Å². The normalized spacial score (nSPS) is 9.80. The lowest BCUT2D eigenvalue weighted by atomic mass is 13.4. The SMILES string of the molecule is O=[N+]([O-])[P-]O. The van der Waals surface area contributed by atoms with E-state index in [0.717, 1.165) is 0 Å². The van der Waals surface area contributed by atoms with Gasteiger partial charge >= 0.3 is 0 Å². The van der Waals surface area contributed by atoms with Crippen molar-refractivity contribution in [3.63, 3.8) is 0 Å². The van der Waals surface area contributed by atoms with Crippen LogP contribution in [-0.2, 0) is 0 Å². The molecule has 0 amide bonds. The second kappa shape index (κ2) is 2.05. The van der Waals surface area contributed by atoms with Crippen LogP contribution < -0.4 is 0 Å². The smallest absolute Gasteiger partial charge is 0.0444 e. The maximum Gasteiger partial charge on any atom is 0.0444 e. The number of rotatable bonds is 1. The zero-order valence-corrected chi connectivity index (χ0v) is 3.05. The van der Waals surface area contributed by atoms with Gasteiger partial charge in [-0.05, 0) is 0 Å². The van der Waals surface area contributed by atoms with Gasteiger partial charge < -0.3 is 4.89 Å². The highest BCUT2D eigenvalue weighted by molar-refractivity contribution is 7.23. The summed E-state index contributed by atoms with van der Waals surface area (Å²) in [6.07, 6.45) is 0. The highest BCUT2D eigenvalue weighted by atomic mass is 31.1. The second-order valence-corrected chi connectivity index (χ2v) is 0.833. The minimum Gasteiger partial charge on any atom is -0.498 e. The van der Waals surface area contributed by atoms with E-state index in [0.29, 0.717) is 0 Å². The molecule has 0 aromatic rings. The Morgan fingerprint density at radius 1 is 2.00 bits per heavy atom. The Morgan fingerprint density at radius 3 is 2.20 bits per heavy atom. The first-order valence-electron chi connectivity index (χ1n) is 0.765. The van der Waals surface area contributed by atoms with Gasteiger partial charge in [0.15, 0.2) is 0 Å². The monoisotopic (exact) mass is 94.0 g/mol. The highest BCUT2D eigenvalue weighted by Crippen LogP contribution is 1.96. The lowest BCUT2D eigenvalue weighted by Gasteiger charge is -1.89. The molecule has 5 heavy (non-hydrogen) atoms. The fourth-order valence-corrected chi connectivity index (χ4v) is 0. The van der Waals surface area contributed by atoms with E-state index in [1.807, 2.05) is 0 Å². The lowest BCUT2D eigenvalue weighted by molar-refractivity contribution is -0.305. The van der Waals surface area contributed by atoms with Gasteiger partial charge in [-0.1, -0.05) is 0 Å². The summed E-state index contributed by atoms with van der Waals surface area (Å²) in [6.45, 7) is 0. The van der Waals surface area contributed by atoms with E-state index in [1.165, 1.54) is 0 Å². The topological polar surface area (TPSA) is 63.4 Å². The minimum atomic E-state index is -0.847. The zero-order chi connectivity index (χ0) is 4.28. The highest BCUT2D eigenvalue weighted by Gasteiger charge is 1.60. The average Bonchev–Trinajstić information content (AvgIpc) is 1.38. The van der Waals surface area contributed by atoms with Crippen LogP contribution >= 0.6 is 8.96 Å². The molecule has 0 unspecified atom stereocenters. The van der Waals surface area contributed by atoms with Gasteiger partial charge in [0.1, 0.15) is 0 Å². The van der Waals surface area contributed by atoms with Gasteiger partial charge in [-0.2, -0.15) is 0 Å². The van der Waals surface area contributed by atoms with E-state index < -0.39 is 13.7 Å². The van der Waals surface area contributed by atoms with Crippen LogP contribution in [0.4, 0.5) is 0 Å². The van der Waals surface area contributed by atoms with Crippen molar-refractivity contribution >= 4 is 8.96 Å². The van der Waals surface area contributed by atoms with Gasteiger partial charge in [0.05, 0.1) is 0 Å². The summed E-state index contributed by atoms with van der Waals surface area (Å²) in [4.78, 5) is 16.3. The summed E-state index contributed by atoms with van der Waals surface area (Å²) in [5.41, 5.74) is 0. The van der Waals surface area contributed by atoms with E-state index in [4.69, 9.17) is 15.0 Å². The molecule has 5 heteroatoms. The van der Waals surface area contributed by atoms with E-state index >= 15 is 0 Å². The number of nitro groups is 1. The fourth-order valence-electron chi connectivity index (χ4n) is 0. The third kappa shape index (κ3) is 3.79. The number of nitrogens with zero attached hydrogens (tertiary/aromatic N) is 1. The molecule has 0 spiro atoms. The van der Waals surface area contributed by atoms with Crippen molar-refractivity contribution in [1.82, 2.24) is 0 Å². The summed E-state index contributed by atoms with van der Waals surface area (Å²) in [5.74, 6) is 0. The van der Waals surface area contributed by atoms with Crippen molar-refractivity contribution in [1.29, 1.82) is 0 Å². The molecule has 1 N–H and O–H groups in total. The van der Waals surface area contributed by atoms with Gasteiger partial charge in [0.2, 0.25) is 0 Å². The minimum absolute atomic E-state index is 0.781. The average molecular weight is 94.0 g/mol. The van der Waals surface area contributed by atoms with Crippen molar-refractivity contribution in [3.05, 3.63) is 10.1 Å². The lowest BCUT2D eigenvalue weighted by Crippen LogP contribution is -1.72. The van der Waals surface area contributed by atoms with Crippen molar-refractivity contribution in [2.75, 3.05) is 0 Å². The molecule has 4 nitrogen and oxygen atoms in total. The summed E-state index contributed by atoms with van der Waals surface area (Å²) in [6, 6.07) is 0. The maximum atomic E-state index is 8.91. The van der Waals surface area contributed by atoms with Gasteiger partial charge in [-0.25, -0.2) is 0 Å². The number of hydrogen-bond acceptors (Lipinski definition) is 3. The molecule has 0 bridgehead atoms. The summed E-state index contributed by atoms with van der Waals surface area (Å²) in [5, 5.41) is 8.91.